The zero-order chi connectivity index (χ0) is 16.4. The van der Waals surface area contributed by atoms with Crippen LogP contribution < -0.4 is 5.32 Å². The molecule has 0 radical (unpaired) electrons. The van der Waals surface area contributed by atoms with Gasteiger partial charge >= 0.3 is 5.97 Å². The fourth-order valence-electron chi connectivity index (χ4n) is 2.84. The molecule has 120 valence electrons. The summed E-state index contributed by atoms with van der Waals surface area (Å²) in [5.41, 5.74) is 2.08. The molecule has 0 fully saturated rings. The van der Waals surface area contributed by atoms with Gasteiger partial charge in [0.05, 0.1) is 12.7 Å². The van der Waals surface area contributed by atoms with Crippen LogP contribution >= 0.6 is 0 Å². The SMILES string of the molecule is COC(=O)c1cc(CC2N=NC(=O)C3=C2NCCC3)ccc1F. The van der Waals surface area contributed by atoms with Gasteiger partial charge in [0.15, 0.2) is 0 Å². The van der Waals surface area contributed by atoms with Crippen molar-refractivity contribution >= 4 is 11.9 Å². The van der Waals surface area contributed by atoms with E-state index in [9.17, 15) is 14.0 Å². The lowest BCUT2D eigenvalue weighted by Gasteiger charge is -2.27. The van der Waals surface area contributed by atoms with E-state index in [-0.39, 0.29) is 17.5 Å². The first kappa shape index (κ1) is 15.3. The third kappa shape index (κ3) is 2.99. The third-order valence-corrected chi connectivity index (χ3v) is 3.99. The van der Waals surface area contributed by atoms with E-state index >= 15 is 0 Å². The molecule has 7 heteroatoms. The molecule has 0 saturated carbocycles. The van der Waals surface area contributed by atoms with Crippen molar-refractivity contribution in [1.82, 2.24) is 5.32 Å². The lowest BCUT2D eigenvalue weighted by atomic mass is 9.93. The fraction of sp³-hybridized carbons (Fsp3) is 0.375. The smallest absolute Gasteiger partial charge is 0.340 e. The lowest BCUT2D eigenvalue weighted by molar-refractivity contribution is -0.115. The fourth-order valence-corrected chi connectivity index (χ4v) is 2.84. The van der Waals surface area contributed by atoms with Crippen molar-refractivity contribution in [1.29, 1.82) is 0 Å². The van der Waals surface area contributed by atoms with Gasteiger partial charge in [0.25, 0.3) is 5.91 Å². The van der Waals surface area contributed by atoms with Gasteiger partial charge in [-0.25, -0.2) is 9.18 Å². The highest BCUT2D eigenvalue weighted by Gasteiger charge is 2.29. The molecule has 2 aliphatic heterocycles. The first-order valence-corrected chi connectivity index (χ1v) is 7.39. The second-order valence-electron chi connectivity index (χ2n) is 5.47. The number of hydrogen-bond acceptors (Lipinski definition) is 5. The first-order chi connectivity index (χ1) is 11.1. The van der Waals surface area contributed by atoms with Crippen molar-refractivity contribution < 1.29 is 18.7 Å². The van der Waals surface area contributed by atoms with Gasteiger partial charge in [-0.1, -0.05) is 6.07 Å². The van der Waals surface area contributed by atoms with Crippen LogP contribution in [0.5, 0.6) is 0 Å². The highest BCUT2D eigenvalue weighted by molar-refractivity contribution is 5.95. The monoisotopic (exact) mass is 317 g/mol. The zero-order valence-electron chi connectivity index (χ0n) is 12.6. The number of hydrogen-bond donors (Lipinski definition) is 1. The molecule has 23 heavy (non-hydrogen) atoms. The van der Waals surface area contributed by atoms with Gasteiger partial charge < -0.3 is 10.1 Å². The highest BCUT2D eigenvalue weighted by atomic mass is 19.1. The van der Waals surface area contributed by atoms with Gasteiger partial charge in [-0.3, -0.25) is 4.79 Å². The lowest BCUT2D eigenvalue weighted by Crippen LogP contribution is -2.34. The Labute approximate surface area is 132 Å². The van der Waals surface area contributed by atoms with Gasteiger partial charge in [-0.2, -0.15) is 5.11 Å². The molecule has 1 amide bonds. The van der Waals surface area contributed by atoms with Crippen LogP contribution in [0.25, 0.3) is 0 Å². The molecule has 1 aromatic rings. The second kappa shape index (κ2) is 6.28. The van der Waals surface area contributed by atoms with E-state index in [0.717, 1.165) is 24.2 Å². The minimum Gasteiger partial charge on any atom is -0.465 e. The molecule has 1 N–H and O–H groups in total. The van der Waals surface area contributed by atoms with E-state index in [4.69, 9.17) is 0 Å². The summed E-state index contributed by atoms with van der Waals surface area (Å²) >= 11 is 0. The molecule has 2 aliphatic rings. The van der Waals surface area contributed by atoms with Gasteiger partial charge in [-0.05, 0) is 30.5 Å². The Hall–Kier alpha value is -2.57. The van der Waals surface area contributed by atoms with Crippen LogP contribution in [0.2, 0.25) is 0 Å². The molecule has 0 saturated heterocycles. The van der Waals surface area contributed by atoms with Crippen LogP contribution in [0.1, 0.15) is 28.8 Å². The number of methoxy groups -OCH3 is 1. The van der Waals surface area contributed by atoms with E-state index in [0.29, 0.717) is 18.4 Å². The maximum absolute atomic E-state index is 13.7. The van der Waals surface area contributed by atoms with Gasteiger partial charge in [0, 0.05) is 24.2 Å². The standard InChI is InChI=1S/C16H16FN3O3/c1-23-16(22)11-7-9(4-5-12(11)17)8-13-14-10(3-2-6-18-14)15(21)20-19-13/h4-5,7,13,18H,2-3,6,8H2,1H3. The van der Waals surface area contributed by atoms with Crippen LogP contribution in [-0.2, 0) is 16.0 Å². The highest BCUT2D eigenvalue weighted by Crippen LogP contribution is 2.27. The van der Waals surface area contributed by atoms with E-state index in [1.54, 1.807) is 6.07 Å². The Morgan fingerprint density at radius 1 is 1.48 bits per heavy atom. The van der Waals surface area contributed by atoms with E-state index < -0.39 is 11.8 Å². The molecule has 1 aromatic carbocycles. The number of carbonyl (C=O) groups is 2. The molecule has 1 unspecified atom stereocenters. The molecule has 0 bridgehead atoms. The summed E-state index contributed by atoms with van der Waals surface area (Å²) < 4.78 is 18.3. The number of nitrogens with zero attached hydrogens (tertiary/aromatic N) is 2. The van der Waals surface area contributed by atoms with Crippen LogP contribution in [0, 0.1) is 5.82 Å². The Balaban J connectivity index is 1.87. The number of benzene rings is 1. The second-order valence-corrected chi connectivity index (χ2v) is 5.47. The van der Waals surface area contributed by atoms with Crippen molar-refractivity contribution in [2.75, 3.05) is 13.7 Å². The van der Waals surface area contributed by atoms with Crippen LogP contribution in [-0.4, -0.2) is 31.6 Å². The predicted octanol–water partition coefficient (Wildman–Crippen LogP) is 2.15. The number of esters is 1. The van der Waals surface area contributed by atoms with Gasteiger partial charge in [0.1, 0.15) is 11.9 Å². The number of carbonyl (C=O) groups excluding carboxylic acids is 2. The molecule has 1 atom stereocenters. The molecule has 0 spiro atoms. The molecule has 0 aromatic heterocycles. The average Bonchev–Trinajstić information content (AvgIpc) is 2.58. The number of rotatable bonds is 3. The maximum atomic E-state index is 13.7. The first-order valence-electron chi connectivity index (χ1n) is 7.39. The average molecular weight is 317 g/mol. The number of ether oxygens (including phenoxy) is 1. The van der Waals surface area contributed by atoms with Crippen LogP contribution in [0.4, 0.5) is 4.39 Å². The molecule has 2 heterocycles. The van der Waals surface area contributed by atoms with Gasteiger partial charge in [-0.15, -0.1) is 5.11 Å². The summed E-state index contributed by atoms with van der Waals surface area (Å²) in [7, 11) is 1.21. The van der Waals surface area contributed by atoms with Gasteiger partial charge in [0.2, 0.25) is 0 Å². The maximum Gasteiger partial charge on any atom is 0.340 e. The number of amides is 1. The Morgan fingerprint density at radius 3 is 3.09 bits per heavy atom. The minimum absolute atomic E-state index is 0.111. The molecule has 3 rings (SSSR count). The normalized spacial score (nSPS) is 20.1. The summed E-state index contributed by atoms with van der Waals surface area (Å²) in [6, 6.07) is 3.96. The quantitative estimate of drug-likeness (QED) is 0.866. The summed E-state index contributed by atoms with van der Waals surface area (Å²) in [6.07, 6.45) is 2.00. The third-order valence-electron chi connectivity index (χ3n) is 3.99. The summed E-state index contributed by atoms with van der Waals surface area (Å²) in [5, 5.41) is 11.0. The molecule has 6 nitrogen and oxygen atoms in total. The van der Waals surface area contributed by atoms with Crippen molar-refractivity contribution in [3.8, 4) is 0 Å². The van der Waals surface area contributed by atoms with Crippen LogP contribution in [0.3, 0.4) is 0 Å². The number of azo groups is 1. The molecular formula is C16H16FN3O3. The summed E-state index contributed by atoms with van der Waals surface area (Å²) in [5.74, 6) is -1.64. The van der Waals surface area contributed by atoms with Crippen molar-refractivity contribution in [3.05, 3.63) is 46.4 Å². The van der Waals surface area contributed by atoms with E-state index in [2.05, 4.69) is 20.3 Å². The van der Waals surface area contributed by atoms with E-state index in [1.165, 1.54) is 19.2 Å². The van der Waals surface area contributed by atoms with Crippen molar-refractivity contribution in [2.45, 2.75) is 25.3 Å². The van der Waals surface area contributed by atoms with E-state index in [1.807, 2.05) is 0 Å². The topological polar surface area (TPSA) is 80.1 Å². The summed E-state index contributed by atoms with van der Waals surface area (Å²) in [6.45, 7) is 0.787. The number of halogens is 1. The largest absolute Gasteiger partial charge is 0.465 e. The minimum atomic E-state index is -0.722. The summed E-state index contributed by atoms with van der Waals surface area (Å²) in [4.78, 5) is 23.4. The zero-order valence-corrected chi connectivity index (χ0v) is 12.6. The van der Waals surface area contributed by atoms with Crippen molar-refractivity contribution in [3.63, 3.8) is 0 Å². The van der Waals surface area contributed by atoms with Crippen molar-refractivity contribution in [2.24, 2.45) is 10.2 Å². The Kier molecular flexibility index (Phi) is 4.18. The molecule has 0 aliphatic carbocycles. The Bertz CT molecular complexity index is 727. The predicted molar refractivity (Wildman–Crippen MR) is 79.4 cm³/mol. The number of nitrogens with one attached hydrogen (secondary N) is 1. The Morgan fingerprint density at radius 2 is 2.30 bits per heavy atom. The van der Waals surface area contributed by atoms with Crippen LogP contribution in [0.15, 0.2) is 39.7 Å². The molecular weight excluding hydrogens is 301 g/mol.